The maximum absolute atomic E-state index is 12.3. The number of carbonyl (C=O) groups is 1. The van der Waals surface area contributed by atoms with Crippen molar-refractivity contribution in [2.45, 2.75) is 12.8 Å². The van der Waals surface area contributed by atoms with Crippen LogP contribution in [0.1, 0.15) is 12.8 Å². The smallest absolute Gasteiger partial charge is 0.235 e. The Balaban J connectivity index is 1.66. The number of hydrogen-bond donors (Lipinski definition) is 1. The van der Waals surface area contributed by atoms with Crippen molar-refractivity contribution in [2.24, 2.45) is 5.92 Å². The van der Waals surface area contributed by atoms with Crippen molar-refractivity contribution in [1.29, 1.82) is 0 Å². The molecule has 1 N–H and O–H groups in total. The molecule has 0 bridgehead atoms. The summed E-state index contributed by atoms with van der Waals surface area (Å²) in [7, 11) is -3.18. The zero-order chi connectivity index (χ0) is 15.7. The van der Waals surface area contributed by atoms with Crippen molar-refractivity contribution < 1.29 is 13.2 Å². The number of carbonyl (C=O) groups excluding carboxylic acids is 1. The van der Waals surface area contributed by atoms with E-state index in [-0.39, 0.29) is 11.8 Å². The summed E-state index contributed by atoms with van der Waals surface area (Å²) in [6.45, 7) is 0.745. The summed E-state index contributed by atoms with van der Waals surface area (Å²) < 4.78 is 26.0. The number of hydrogen-bond acceptors (Lipinski definition) is 5. The van der Waals surface area contributed by atoms with Gasteiger partial charge in [0.25, 0.3) is 0 Å². The third-order valence-electron chi connectivity index (χ3n) is 3.84. The first-order valence-electron chi connectivity index (χ1n) is 7.01. The van der Waals surface area contributed by atoms with Crippen LogP contribution in [0.3, 0.4) is 0 Å². The molecule has 1 amide bonds. The second-order valence-corrected chi connectivity index (χ2v) is 7.36. The molecule has 2 aromatic heterocycles. The molecule has 8 nitrogen and oxygen atoms in total. The maximum Gasteiger partial charge on any atom is 0.235 e. The Labute approximate surface area is 128 Å². The van der Waals surface area contributed by atoms with Gasteiger partial charge in [0.1, 0.15) is 0 Å². The van der Waals surface area contributed by atoms with Crippen molar-refractivity contribution in [1.82, 2.24) is 18.9 Å². The number of pyridine rings is 1. The zero-order valence-corrected chi connectivity index (χ0v) is 13.0. The highest BCUT2D eigenvalue weighted by molar-refractivity contribution is 7.88. The average molecular weight is 323 g/mol. The zero-order valence-electron chi connectivity index (χ0n) is 12.1. The number of piperidine rings is 1. The highest BCUT2D eigenvalue weighted by atomic mass is 32.2. The van der Waals surface area contributed by atoms with Gasteiger partial charge in [-0.25, -0.2) is 12.7 Å². The third kappa shape index (κ3) is 2.95. The monoisotopic (exact) mass is 323 g/mol. The van der Waals surface area contributed by atoms with Gasteiger partial charge in [-0.05, 0) is 25.0 Å². The van der Waals surface area contributed by atoms with Gasteiger partial charge >= 0.3 is 0 Å². The predicted octanol–water partition coefficient (Wildman–Crippen LogP) is 0.339. The van der Waals surface area contributed by atoms with E-state index in [0.29, 0.717) is 37.5 Å². The molecule has 0 spiro atoms. The van der Waals surface area contributed by atoms with Crippen LogP contribution in [0.15, 0.2) is 24.4 Å². The quantitative estimate of drug-likeness (QED) is 0.878. The second-order valence-electron chi connectivity index (χ2n) is 5.38. The molecule has 0 aliphatic carbocycles. The summed E-state index contributed by atoms with van der Waals surface area (Å²) in [4.78, 5) is 12.3. The number of amides is 1. The lowest BCUT2D eigenvalue weighted by Gasteiger charge is -2.29. The molecule has 0 aromatic carbocycles. The lowest BCUT2D eigenvalue weighted by molar-refractivity contribution is -0.121. The summed E-state index contributed by atoms with van der Waals surface area (Å²) >= 11 is 0. The van der Waals surface area contributed by atoms with Crippen molar-refractivity contribution >= 4 is 27.5 Å². The fourth-order valence-corrected chi connectivity index (χ4v) is 3.46. The molecule has 22 heavy (non-hydrogen) atoms. The minimum absolute atomic E-state index is 0.147. The van der Waals surface area contributed by atoms with E-state index in [1.165, 1.54) is 10.6 Å². The van der Waals surface area contributed by atoms with Gasteiger partial charge in [-0.15, -0.1) is 10.2 Å². The number of anilines is 1. The second kappa shape index (κ2) is 5.65. The van der Waals surface area contributed by atoms with Gasteiger partial charge in [0.15, 0.2) is 5.65 Å². The fraction of sp³-hybridized carbons (Fsp3) is 0.462. The molecule has 118 valence electrons. The summed E-state index contributed by atoms with van der Waals surface area (Å²) in [5.74, 6) is 0.0199. The molecule has 9 heteroatoms. The number of nitrogens with one attached hydrogen (secondary N) is 1. The molecule has 0 saturated carbocycles. The van der Waals surface area contributed by atoms with E-state index in [4.69, 9.17) is 0 Å². The minimum Gasteiger partial charge on any atom is -0.294 e. The normalized spacial score (nSPS) is 17.7. The van der Waals surface area contributed by atoms with Crippen LogP contribution in [-0.4, -0.2) is 52.6 Å². The fourth-order valence-electron chi connectivity index (χ4n) is 2.59. The van der Waals surface area contributed by atoms with E-state index >= 15 is 0 Å². The number of nitrogens with zero attached hydrogens (tertiary/aromatic N) is 4. The highest BCUT2D eigenvalue weighted by Gasteiger charge is 2.29. The molecule has 0 radical (unpaired) electrons. The number of aromatic nitrogens is 3. The molecule has 1 aliphatic heterocycles. The third-order valence-corrected chi connectivity index (χ3v) is 5.15. The Morgan fingerprint density at radius 2 is 2.00 bits per heavy atom. The van der Waals surface area contributed by atoms with Crippen LogP contribution in [0.2, 0.25) is 0 Å². The first kappa shape index (κ1) is 14.9. The van der Waals surface area contributed by atoms with E-state index in [1.807, 2.05) is 12.1 Å². The molecule has 3 rings (SSSR count). The summed E-state index contributed by atoms with van der Waals surface area (Å²) in [5.41, 5.74) is 0.657. The lowest BCUT2D eigenvalue weighted by Crippen LogP contribution is -2.41. The molecular formula is C13H17N5O3S. The molecule has 3 heterocycles. The van der Waals surface area contributed by atoms with Gasteiger partial charge in [-0.2, -0.15) is 0 Å². The Hall–Kier alpha value is -2.00. The Bertz CT molecular complexity index is 793. The molecule has 0 unspecified atom stereocenters. The number of fused-ring (bicyclic) bond motifs is 1. The van der Waals surface area contributed by atoms with E-state index in [2.05, 4.69) is 15.5 Å². The number of rotatable bonds is 3. The van der Waals surface area contributed by atoms with Gasteiger partial charge in [-0.3, -0.25) is 14.5 Å². The first-order chi connectivity index (χ1) is 10.4. The predicted molar refractivity (Wildman–Crippen MR) is 80.8 cm³/mol. The largest absolute Gasteiger partial charge is 0.294 e. The van der Waals surface area contributed by atoms with Crippen LogP contribution < -0.4 is 5.32 Å². The molecule has 1 fully saturated rings. The van der Waals surface area contributed by atoms with Crippen LogP contribution in [0.5, 0.6) is 0 Å². The van der Waals surface area contributed by atoms with Crippen LogP contribution in [0.4, 0.5) is 5.95 Å². The maximum atomic E-state index is 12.3. The van der Waals surface area contributed by atoms with Gasteiger partial charge in [0, 0.05) is 25.2 Å². The van der Waals surface area contributed by atoms with Crippen LogP contribution >= 0.6 is 0 Å². The standard InChI is InChI=1S/C13H17N5O3S/c1-22(20,21)17-8-5-10(6-9-17)12(19)14-13-16-15-11-4-2-3-7-18(11)13/h2-4,7,10H,5-6,8-9H2,1H3,(H,14,16,19). The van der Waals surface area contributed by atoms with E-state index in [1.54, 1.807) is 16.7 Å². The summed E-state index contributed by atoms with van der Waals surface area (Å²) in [6.07, 6.45) is 3.98. The van der Waals surface area contributed by atoms with Crippen molar-refractivity contribution in [3.63, 3.8) is 0 Å². The first-order valence-corrected chi connectivity index (χ1v) is 8.86. The molecule has 2 aromatic rings. The molecular weight excluding hydrogens is 306 g/mol. The van der Waals surface area contributed by atoms with Crippen LogP contribution in [-0.2, 0) is 14.8 Å². The topological polar surface area (TPSA) is 96.7 Å². The molecule has 1 aliphatic rings. The summed E-state index contributed by atoms with van der Waals surface area (Å²) in [5, 5.41) is 10.7. The Kier molecular flexibility index (Phi) is 3.83. The molecule has 1 saturated heterocycles. The summed E-state index contributed by atoms with van der Waals surface area (Å²) in [6, 6.07) is 5.47. The molecule has 0 atom stereocenters. The lowest BCUT2D eigenvalue weighted by atomic mass is 9.97. The van der Waals surface area contributed by atoms with Crippen molar-refractivity contribution in [3.8, 4) is 0 Å². The van der Waals surface area contributed by atoms with Gasteiger partial charge in [-0.1, -0.05) is 6.07 Å². The number of sulfonamides is 1. The van der Waals surface area contributed by atoms with E-state index in [0.717, 1.165) is 0 Å². The van der Waals surface area contributed by atoms with Crippen molar-refractivity contribution in [2.75, 3.05) is 24.7 Å². The average Bonchev–Trinajstić information content (AvgIpc) is 2.90. The van der Waals surface area contributed by atoms with Gasteiger partial charge in [0.05, 0.1) is 6.26 Å². The van der Waals surface area contributed by atoms with Gasteiger partial charge < -0.3 is 0 Å². The Morgan fingerprint density at radius 1 is 1.27 bits per heavy atom. The van der Waals surface area contributed by atoms with Crippen LogP contribution in [0, 0.1) is 5.92 Å². The minimum atomic E-state index is -3.18. The van der Waals surface area contributed by atoms with Gasteiger partial charge in [0.2, 0.25) is 21.9 Å². The Morgan fingerprint density at radius 3 is 2.68 bits per heavy atom. The van der Waals surface area contributed by atoms with Crippen molar-refractivity contribution in [3.05, 3.63) is 24.4 Å². The van der Waals surface area contributed by atoms with Crippen LogP contribution in [0.25, 0.3) is 5.65 Å². The van der Waals surface area contributed by atoms with E-state index < -0.39 is 10.0 Å². The SMILES string of the molecule is CS(=O)(=O)N1CCC(C(=O)Nc2nnc3ccccn23)CC1. The van der Waals surface area contributed by atoms with E-state index in [9.17, 15) is 13.2 Å². The highest BCUT2D eigenvalue weighted by Crippen LogP contribution is 2.20.